The molecule has 0 atom stereocenters. The molecule has 2 aromatic rings. The Hall–Kier alpha value is -1.18. The largest absolute Gasteiger partial charge is 0.242 e. The van der Waals surface area contributed by atoms with Crippen LogP contribution >= 0.6 is 27.5 Å². The molecule has 0 aliphatic heterocycles. The highest BCUT2D eigenvalue weighted by atomic mass is 79.9. The summed E-state index contributed by atoms with van der Waals surface area (Å²) in [6.07, 6.45) is 1.44. The molecule has 0 aliphatic carbocycles. The number of nitriles is 1. The second-order valence-electron chi connectivity index (χ2n) is 2.89. The Balaban J connectivity index is 3.00. The van der Waals surface area contributed by atoms with Crippen molar-refractivity contribution in [2.75, 3.05) is 0 Å². The maximum atomic E-state index is 13.6. The first kappa shape index (κ1) is 10.3. The van der Waals surface area contributed by atoms with Gasteiger partial charge in [-0.3, -0.25) is 0 Å². The van der Waals surface area contributed by atoms with Gasteiger partial charge >= 0.3 is 0 Å². The maximum absolute atomic E-state index is 13.6. The number of hydrogen-bond donors (Lipinski definition) is 0. The van der Waals surface area contributed by atoms with Crippen LogP contribution in [0.2, 0.25) is 5.15 Å². The van der Waals surface area contributed by atoms with Crippen molar-refractivity contribution < 1.29 is 4.39 Å². The summed E-state index contributed by atoms with van der Waals surface area (Å²) in [5.41, 5.74) is 0.0687. The number of aromatic nitrogens is 1. The molecule has 1 aromatic heterocycles. The summed E-state index contributed by atoms with van der Waals surface area (Å²) < 4.78 is 14.2. The third-order valence-corrected chi connectivity index (χ3v) is 2.71. The van der Waals surface area contributed by atoms with Gasteiger partial charge in [-0.05, 0) is 12.1 Å². The molecule has 0 saturated carbocycles. The van der Waals surface area contributed by atoms with E-state index in [1.165, 1.54) is 12.3 Å². The Morgan fingerprint density at radius 2 is 2.20 bits per heavy atom. The fourth-order valence-electron chi connectivity index (χ4n) is 1.36. The van der Waals surface area contributed by atoms with Crippen LogP contribution in [0.15, 0.2) is 22.8 Å². The highest BCUT2D eigenvalue weighted by Gasteiger charge is 2.12. The molecule has 1 aromatic carbocycles. The van der Waals surface area contributed by atoms with Gasteiger partial charge in [0.2, 0.25) is 0 Å². The van der Waals surface area contributed by atoms with Crippen molar-refractivity contribution in [2.24, 2.45) is 0 Å². The van der Waals surface area contributed by atoms with Gasteiger partial charge in [0, 0.05) is 21.4 Å². The third-order valence-electron chi connectivity index (χ3n) is 1.97. The van der Waals surface area contributed by atoms with E-state index in [1.807, 2.05) is 6.07 Å². The zero-order chi connectivity index (χ0) is 11.0. The lowest BCUT2D eigenvalue weighted by molar-refractivity contribution is 0.638. The van der Waals surface area contributed by atoms with Crippen LogP contribution in [0.3, 0.4) is 0 Å². The highest BCUT2D eigenvalue weighted by Crippen LogP contribution is 2.28. The minimum Gasteiger partial charge on any atom is -0.242 e. The molecule has 5 heteroatoms. The Morgan fingerprint density at radius 3 is 2.87 bits per heavy atom. The summed E-state index contributed by atoms with van der Waals surface area (Å²) in [5, 5.41) is 9.63. The van der Waals surface area contributed by atoms with E-state index in [9.17, 15) is 4.39 Å². The molecule has 15 heavy (non-hydrogen) atoms. The van der Waals surface area contributed by atoms with Crippen LogP contribution in [-0.2, 0) is 0 Å². The number of rotatable bonds is 0. The Kier molecular flexibility index (Phi) is 2.59. The third kappa shape index (κ3) is 1.69. The summed E-state index contributed by atoms with van der Waals surface area (Å²) >= 11 is 8.87. The van der Waals surface area contributed by atoms with Gasteiger partial charge in [-0.1, -0.05) is 27.5 Å². The molecule has 1 heterocycles. The molecule has 0 amide bonds. The fourth-order valence-corrected chi connectivity index (χ4v) is 1.99. The molecule has 2 rings (SSSR count). The molecule has 0 saturated heterocycles. The van der Waals surface area contributed by atoms with E-state index in [-0.39, 0.29) is 16.1 Å². The summed E-state index contributed by atoms with van der Waals surface area (Å²) in [7, 11) is 0. The molecular weight excluding hydrogens is 282 g/mol. The van der Waals surface area contributed by atoms with Gasteiger partial charge in [0.05, 0.1) is 0 Å². The van der Waals surface area contributed by atoms with Crippen molar-refractivity contribution in [3.63, 3.8) is 0 Å². The number of pyridine rings is 1. The van der Waals surface area contributed by atoms with E-state index >= 15 is 0 Å². The first-order valence-corrected chi connectivity index (χ1v) is 5.14. The highest BCUT2D eigenvalue weighted by molar-refractivity contribution is 9.10. The van der Waals surface area contributed by atoms with Gasteiger partial charge in [0.25, 0.3) is 0 Å². The van der Waals surface area contributed by atoms with Crippen LogP contribution in [0.1, 0.15) is 5.56 Å². The molecule has 2 nitrogen and oxygen atoms in total. The smallest absolute Gasteiger partial charge is 0.147 e. The lowest BCUT2D eigenvalue weighted by Crippen LogP contribution is -1.89. The van der Waals surface area contributed by atoms with Gasteiger partial charge in [-0.25, -0.2) is 9.37 Å². The molecule has 0 fully saturated rings. The molecular formula is C10H3BrClFN2. The molecule has 0 radical (unpaired) electrons. The van der Waals surface area contributed by atoms with Crippen LogP contribution in [0, 0.1) is 17.1 Å². The van der Waals surface area contributed by atoms with Gasteiger partial charge < -0.3 is 0 Å². The predicted molar refractivity (Wildman–Crippen MR) is 59.1 cm³/mol. The van der Waals surface area contributed by atoms with Gasteiger partial charge in [0.1, 0.15) is 22.6 Å². The van der Waals surface area contributed by atoms with Crippen molar-refractivity contribution in [3.05, 3.63) is 39.3 Å². The van der Waals surface area contributed by atoms with E-state index in [1.54, 1.807) is 6.07 Å². The predicted octanol–water partition coefficient (Wildman–Crippen LogP) is 3.66. The van der Waals surface area contributed by atoms with Crippen LogP contribution in [0.25, 0.3) is 10.8 Å². The molecule has 0 N–H and O–H groups in total. The second-order valence-corrected chi connectivity index (χ2v) is 4.16. The number of hydrogen-bond acceptors (Lipinski definition) is 2. The van der Waals surface area contributed by atoms with Crippen molar-refractivity contribution in [2.45, 2.75) is 0 Å². The number of fused-ring (bicyclic) bond motifs is 1. The van der Waals surface area contributed by atoms with E-state index < -0.39 is 5.82 Å². The normalized spacial score (nSPS) is 10.3. The second kappa shape index (κ2) is 3.76. The number of nitrogens with zero attached hydrogens (tertiary/aromatic N) is 2. The zero-order valence-corrected chi connectivity index (χ0v) is 9.60. The van der Waals surface area contributed by atoms with Crippen LogP contribution in [0.4, 0.5) is 4.39 Å². The Labute approximate surface area is 98.4 Å². The van der Waals surface area contributed by atoms with Gasteiger partial charge in [0.15, 0.2) is 0 Å². The minimum absolute atomic E-state index is 0.0197. The van der Waals surface area contributed by atoms with Crippen molar-refractivity contribution in [1.82, 2.24) is 4.98 Å². The number of halogens is 3. The Morgan fingerprint density at radius 1 is 1.47 bits per heavy atom. The maximum Gasteiger partial charge on any atom is 0.147 e. The van der Waals surface area contributed by atoms with E-state index in [4.69, 9.17) is 16.9 Å². The van der Waals surface area contributed by atoms with Gasteiger partial charge in [-0.15, -0.1) is 0 Å². The lowest BCUT2D eigenvalue weighted by Gasteiger charge is -2.03. The first-order chi connectivity index (χ1) is 7.13. The molecule has 74 valence electrons. The van der Waals surface area contributed by atoms with Crippen molar-refractivity contribution in [1.29, 1.82) is 5.26 Å². The SMILES string of the molecule is N#Cc1c(Cl)ncc2cc(Br)cc(F)c12. The van der Waals surface area contributed by atoms with Crippen LogP contribution in [-0.4, -0.2) is 4.98 Å². The fraction of sp³-hybridized carbons (Fsp3) is 0. The first-order valence-electron chi connectivity index (χ1n) is 3.97. The number of benzene rings is 1. The molecule has 0 aliphatic rings. The van der Waals surface area contributed by atoms with Crippen molar-refractivity contribution >= 4 is 38.3 Å². The summed E-state index contributed by atoms with van der Waals surface area (Å²) in [5.74, 6) is -0.486. The minimum atomic E-state index is -0.486. The van der Waals surface area contributed by atoms with Crippen LogP contribution in [0.5, 0.6) is 0 Å². The average Bonchev–Trinajstić information content (AvgIpc) is 2.18. The standard InChI is InChI=1S/C10H3BrClFN2/c11-6-1-5-4-15-10(12)7(3-14)9(5)8(13)2-6/h1-2,4H. The van der Waals surface area contributed by atoms with Crippen molar-refractivity contribution in [3.8, 4) is 6.07 Å². The lowest BCUT2D eigenvalue weighted by atomic mass is 10.1. The summed E-state index contributed by atoms with van der Waals surface area (Å²) in [6.45, 7) is 0. The molecule has 0 bridgehead atoms. The summed E-state index contributed by atoms with van der Waals surface area (Å²) in [4.78, 5) is 3.82. The quantitative estimate of drug-likeness (QED) is 0.693. The van der Waals surface area contributed by atoms with E-state index in [0.29, 0.717) is 9.86 Å². The topological polar surface area (TPSA) is 36.7 Å². The monoisotopic (exact) mass is 284 g/mol. The van der Waals surface area contributed by atoms with Gasteiger partial charge in [-0.2, -0.15) is 5.26 Å². The van der Waals surface area contributed by atoms with Crippen LogP contribution < -0.4 is 0 Å². The molecule has 0 unspecified atom stereocenters. The Bertz CT molecular complexity index is 592. The van der Waals surface area contributed by atoms with E-state index in [0.717, 1.165) is 0 Å². The summed E-state index contributed by atoms with van der Waals surface area (Å²) in [6, 6.07) is 4.82. The average molecular weight is 286 g/mol. The molecule has 0 spiro atoms. The zero-order valence-electron chi connectivity index (χ0n) is 7.26. The van der Waals surface area contributed by atoms with E-state index in [2.05, 4.69) is 20.9 Å².